The van der Waals surface area contributed by atoms with Gasteiger partial charge in [0.25, 0.3) is 5.91 Å². The van der Waals surface area contributed by atoms with Crippen LogP contribution >= 0.6 is 23.2 Å². The van der Waals surface area contributed by atoms with Gasteiger partial charge in [-0.2, -0.15) is 0 Å². The van der Waals surface area contributed by atoms with Crippen molar-refractivity contribution in [2.24, 2.45) is 0 Å². The molecule has 0 aliphatic carbocycles. The second-order valence-electron chi connectivity index (χ2n) is 6.20. The zero-order valence-electron chi connectivity index (χ0n) is 15.7. The molecule has 0 spiro atoms. The highest BCUT2D eigenvalue weighted by Crippen LogP contribution is 2.30. The summed E-state index contributed by atoms with van der Waals surface area (Å²) in [7, 11) is 3.00. The number of furan rings is 1. The number of methoxy groups -OCH3 is 1. The summed E-state index contributed by atoms with van der Waals surface area (Å²) in [6.07, 6.45) is 0. The molecule has 0 aliphatic heterocycles. The third kappa shape index (κ3) is 4.91. The second-order valence-corrected chi connectivity index (χ2v) is 7.04. The van der Waals surface area contributed by atoms with E-state index in [1.807, 2.05) is 12.1 Å². The summed E-state index contributed by atoms with van der Waals surface area (Å²) in [6.45, 7) is -0.184. The van der Waals surface area contributed by atoms with Gasteiger partial charge in [0.05, 0.1) is 24.4 Å². The van der Waals surface area contributed by atoms with Gasteiger partial charge in [0.1, 0.15) is 11.5 Å². The van der Waals surface area contributed by atoms with E-state index in [4.69, 9.17) is 32.4 Å². The molecule has 0 saturated carbocycles. The molecule has 0 unspecified atom stereocenters. The Labute approximate surface area is 178 Å². The minimum atomic E-state index is -0.434. The van der Waals surface area contributed by atoms with Gasteiger partial charge in [-0.3, -0.25) is 9.59 Å². The summed E-state index contributed by atoms with van der Waals surface area (Å²) in [6, 6.07) is 15.3. The van der Waals surface area contributed by atoms with Crippen molar-refractivity contribution in [3.63, 3.8) is 0 Å². The van der Waals surface area contributed by atoms with Gasteiger partial charge in [-0.15, -0.1) is 0 Å². The van der Waals surface area contributed by atoms with E-state index >= 15 is 0 Å². The molecule has 0 saturated heterocycles. The fraction of sp³-hybridized carbons (Fsp3) is 0.143. The minimum Gasteiger partial charge on any atom is -0.495 e. The smallest absolute Gasteiger partial charge is 0.289 e. The van der Waals surface area contributed by atoms with Crippen molar-refractivity contribution in [3.8, 4) is 17.1 Å². The molecular formula is C21H18Cl2N2O4. The fourth-order valence-corrected chi connectivity index (χ4v) is 3.10. The van der Waals surface area contributed by atoms with Gasteiger partial charge < -0.3 is 19.4 Å². The van der Waals surface area contributed by atoms with Crippen LogP contribution in [-0.2, 0) is 4.79 Å². The molecule has 0 bridgehead atoms. The molecule has 1 heterocycles. The Balaban J connectivity index is 1.67. The van der Waals surface area contributed by atoms with E-state index in [1.165, 1.54) is 19.1 Å². The quantitative estimate of drug-likeness (QED) is 0.596. The van der Waals surface area contributed by atoms with E-state index in [9.17, 15) is 9.59 Å². The number of carbonyl (C=O) groups is 2. The monoisotopic (exact) mass is 432 g/mol. The number of anilines is 1. The summed E-state index contributed by atoms with van der Waals surface area (Å²) in [5, 5.41) is 3.66. The van der Waals surface area contributed by atoms with Crippen molar-refractivity contribution in [1.29, 1.82) is 0 Å². The van der Waals surface area contributed by atoms with Crippen LogP contribution < -0.4 is 10.1 Å². The molecule has 0 atom stereocenters. The van der Waals surface area contributed by atoms with E-state index in [2.05, 4.69) is 5.32 Å². The van der Waals surface area contributed by atoms with E-state index in [1.54, 1.807) is 42.5 Å². The molecule has 1 aromatic heterocycles. The Kier molecular flexibility index (Phi) is 6.46. The second kappa shape index (κ2) is 9.03. The lowest BCUT2D eigenvalue weighted by Crippen LogP contribution is -2.34. The Hall–Kier alpha value is -2.96. The largest absolute Gasteiger partial charge is 0.495 e. The van der Waals surface area contributed by atoms with E-state index < -0.39 is 11.8 Å². The first-order valence-corrected chi connectivity index (χ1v) is 9.38. The van der Waals surface area contributed by atoms with Crippen LogP contribution in [0, 0.1) is 0 Å². The molecule has 1 N–H and O–H groups in total. The highest BCUT2D eigenvalue weighted by molar-refractivity contribution is 6.33. The normalized spacial score (nSPS) is 10.5. The fourth-order valence-electron chi connectivity index (χ4n) is 2.70. The molecule has 0 aliphatic rings. The first kappa shape index (κ1) is 20.8. The highest BCUT2D eigenvalue weighted by atomic mass is 35.5. The number of hydrogen-bond acceptors (Lipinski definition) is 4. The number of halogens is 2. The van der Waals surface area contributed by atoms with Gasteiger partial charge in [-0.25, -0.2) is 0 Å². The van der Waals surface area contributed by atoms with Crippen LogP contribution in [0.3, 0.4) is 0 Å². The molecule has 3 aromatic rings. The number of amides is 2. The van der Waals surface area contributed by atoms with Gasteiger partial charge in [0, 0.05) is 17.6 Å². The van der Waals surface area contributed by atoms with Crippen LogP contribution in [-0.4, -0.2) is 37.4 Å². The summed E-state index contributed by atoms with van der Waals surface area (Å²) in [5.74, 6) is 0.207. The zero-order valence-corrected chi connectivity index (χ0v) is 17.3. The summed E-state index contributed by atoms with van der Waals surface area (Å²) >= 11 is 12.1. The molecule has 2 amide bonds. The highest BCUT2D eigenvalue weighted by Gasteiger charge is 2.20. The molecule has 0 fully saturated rings. The van der Waals surface area contributed by atoms with E-state index in [-0.39, 0.29) is 12.3 Å². The molecule has 0 radical (unpaired) electrons. The topological polar surface area (TPSA) is 71.8 Å². The average Bonchev–Trinajstić information content (AvgIpc) is 3.17. The van der Waals surface area contributed by atoms with Crippen molar-refractivity contribution >= 4 is 40.7 Å². The number of benzene rings is 2. The van der Waals surface area contributed by atoms with Crippen LogP contribution in [0.5, 0.6) is 5.75 Å². The number of likely N-dealkylation sites (N-methyl/N-ethyl adjacent to an activating group) is 1. The van der Waals surface area contributed by atoms with E-state index in [0.717, 1.165) is 0 Å². The van der Waals surface area contributed by atoms with Crippen molar-refractivity contribution in [2.75, 3.05) is 26.0 Å². The third-order valence-electron chi connectivity index (χ3n) is 4.12. The van der Waals surface area contributed by atoms with Gasteiger partial charge in [-0.1, -0.05) is 35.3 Å². The molecule has 2 aromatic carbocycles. The standard InChI is InChI=1S/C21H18Cl2N2O4/c1-25(12-20(26)24-16-11-13(22)7-8-18(16)28-2)21(27)19-10-9-17(29-19)14-5-3-4-6-15(14)23/h3-11H,12H2,1-2H3,(H,24,26). The minimum absolute atomic E-state index is 0.107. The van der Waals surface area contributed by atoms with Crippen LogP contribution in [0.2, 0.25) is 10.0 Å². The van der Waals surface area contributed by atoms with Crippen LogP contribution in [0.1, 0.15) is 10.6 Å². The average molecular weight is 433 g/mol. The summed E-state index contributed by atoms with van der Waals surface area (Å²) in [4.78, 5) is 26.2. The lowest BCUT2D eigenvalue weighted by Gasteiger charge is -2.16. The van der Waals surface area contributed by atoms with Crippen LogP contribution in [0.25, 0.3) is 11.3 Å². The van der Waals surface area contributed by atoms with E-state index in [0.29, 0.717) is 32.8 Å². The third-order valence-corrected chi connectivity index (χ3v) is 4.68. The molecule has 6 nitrogen and oxygen atoms in total. The number of carbonyl (C=O) groups excluding carboxylic acids is 2. The predicted octanol–water partition coefficient (Wildman–Crippen LogP) is 4.97. The first-order chi connectivity index (χ1) is 13.9. The number of ether oxygens (including phenoxy) is 1. The lowest BCUT2D eigenvalue weighted by molar-refractivity contribution is -0.116. The Morgan fingerprint density at radius 3 is 2.59 bits per heavy atom. The Bertz CT molecular complexity index is 1050. The van der Waals surface area contributed by atoms with Gasteiger partial charge in [-0.05, 0) is 42.5 Å². The van der Waals surface area contributed by atoms with Crippen molar-refractivity contribution in [1.82, 2.24) is 4.90 Å². The number of nitrogens with zero attached hydrogens (tertiary/aromatic N) is 1. The maximum absolute atomic E-state index is 12.6. The molecule has 29 heavy (non-hydrogen) atoms. The Morgan fingerprint density at radius 2 is 1.86 bits per heavy atom. The van der Waals surface area contributed by atoms with Gasteiger partial charge >= 0.3 is 0 Å². The number of nitrogens with one attached hydrogen (secondary N) is 1. The van der Waals surface area contributed by atoms with Crippen LogP contribution in [0.4, 0.5) is 5.69 Å². The van der Waals surface area contributed by atoms with Crippen molar-refractivity contribution < 1.29 is 18.7 Å². The van der Waals surface area contributed by atoms with Gasteiger partial charge in [0.15, 0.2) is 5.76 Å². The number of rotatable bonds is 6. The van der Waals surface area contributed by atoms with Gasteiger partial charge in [0.2, 0.25) is 5.91 Å². The number of hydrogen-bond donors (Lipinski definition) is 1. The molecular weight excluding hydrogens is 415 g/mol. The molecule has 150 valence electrons. The zero-order chi connectivity index (χ0) is 21.0. The first-order valence-electron chi connectivity index (χ1n) is 8.62. The predicted molar refractivity (Wildman–Crippen MR) is 113 cm³/mol. The molecule has 8 heteroatoms. The van der Waals surface area contributed by atoms with Crippen molar-refractivity contribution in [3.05, 3.63) is 70.4 Å². The van der Waals surface area contributed by atoms with Crippen LogP contribution in [0.15, 0.2) is 59.0 Å². The lowest BCUT2D eigenvalue weighted by atomic mass is 10.2. The Morgan fingerprint density at radius 1 is 1.10 bits per heavy atom. The SMILES string of the molecule is COc1ccc(Cl)cc1NC(=O)CN(C)C(=O)c1ccc(-c2ccccc2Cl)o1. The summed E-state index contributed by atoms with van der Waals surface area (Å²) in [5.41, 5.74) is 1.10. The van der Waals surface area contributed by atoms with Crippen molar-refractivity contribution in [2.45, 2.75) is 0 Å². The molecule has 3 rings (SSSR count). The maximum Gasteiger partial charge on any atom is 0.289 e. The summed E-state index contributed by atoms with van der Waals surface area (Å²) < 4.78 is 10.8. The maximum atomic E-state index is 12.6.